The maximum absolute atomic E-state index is 12.2. The van der Waals surface area contributed by atoms with Gasteiger partial charge in [0.15, 0.2) is 0 Å². The number of fused-ring (bicyclic) bond motifs is 1. The largest absolute Gasteiger partial charge is 0.490 e. The van der Waals surface area contributed by atoms with Crippen LogP contribution in [-0.2, 0) is 4.74 Å². The lowest BCUT2D eigenvalue weighted by Gasteiger charge is -2.33. The van der Waals surface area contributed by atoms with Crippen LogP contribution in [0.15, 0.2) is 54.7 Å². The SMILES string of the molecule is CC(C)(C)OC(=O)N1CCC(Oc2ccc(-c3ccc4cnc(Cl)cc4c3)cc2)CC1. The molecule has 4 rings (SSSR count). The molecule has 6 heteroatoms. The summed E-state index contributed by atoms with van der Waals surface area (Å²) in [5.74, 6) is 0.840. The monoisotopic (exact) mass is 438 g/mol. The number of benzene rings is 2. The van der Waals surface area contributed by atoms with Crippen LogP contribution >= 0.6 is 11.6 Å². The number of nitrogens with zero attached hydrogens (tertiary/aromatic N) is 2. The van der Waals surface area contributed by atoms with Gasteiger partial charge >= 0.3 is 6.09 Å². The highest BCUT2D eigenvalue weighted by molar-refractivity contribution is 6.30. The Morgan fingerprint density at radius 2 is 1.68 bits per heavy atom. The van der Waals surface area contributed by atoms with Crippen molar-refractivity contribution in [3.05, 3.63) is 59.9 Å². The molecule has 1 fully saturated rings. The zero-order valence-electron chi connectivity index (χ0n) is 18.1. The van der Waals surface area contributed by atoms with E-state index in [1.165, 1.54) is 0 Å². The van der Waals surface area contributed by atoms with Gasteiger partial charge in [0.25, 0.3) is 0 Å². The summed E-state index contributed by atoms with van der Waals surface area (Å²) in [4.78, 5) is 18.1. The van der Waals surface area contributed by atoms with Crippen molar-refractivity contribution < 1.29 is 14.3 Å². The van der Waals surface area contributed by atoms with Crippen molar-refractivity contribution in [3.63, 3.8) is 0 Å². The molecule has 0 spiro atoms. The maximum Gasteiger partial charge on any atom is 0.410 e. The number of carbonyl (C=O) groups excluding carboxylic acids is 1. The van der Waals surface area contributed by atoms with E-state index in [4.69, 9.17) is 21.1 Å². The fourth-order valence-electron chi connectivity index (χ4n) is 3.69. The Labute approximate surface area is 187 Å². The Hall–Kier alpha value is -2.79. The van der Waals surface area contributed by atoms with Crippen molar-refractivity contribution in [2.45, 2.75) is 45.3 Å². The van der Waals surface area contributed by atoms with Crippen LogP contribution in [0.3, 0.4) is 0 Å². The molecule has 31 heavy (non-hydrogen) atoms. The van der Waals surface area contributed by atoms with Crippen LogP contribution in [0.5, 0.6) is 5.75 Å². The summed E-state index contributed by atoms with van der Waals surface area (Å²) in [5.41, 5.74) is 1.76. The lowest BCUT2D eigenvalue weighted by molar-refractivity contribution is 0.0126. The topological polar surface area (TPSA) is 51.7 Å². The predicted octanol–water partition coefficient (Wildman–Crippen LogP) is 6.33. The summed E-state index contributed by atoms with van der Waals surface area (Å²) in [6, 6.07) is 16.3. The summed E-state index contributed by atoms with van der Waals surface area (Å²) in [6.07, 6.45) is 3.22. The fraction of sp³-hybridized carbons (Fsp3) is 0.360. The second kappa shape index (κ2) is 8.75. The molecule has 2 heterocycles. The molecule has 0 unspecified atom stereocenters. The van der Waals surface area contributed by atoms with Crippen LogP contribution in [0.25, 0.3) is 21.9 Å². The molecule has 5 nitrogen and oxygen atoms in total. The molecule has 0 N–H and O–H groups in total. The Bertz CT molecular complexity index is 1070. The van der Waals surface area contributed by atoms with E-state index in [-0.39, 0.29) is 12.2 Å². The molecular formula is C25H27ClN2O3. The molecule has 0 bridgehead atoms. The lowest BCUT2D eigenvalue weighted by Crippen LogP contribution is -2.44. The van der Waals surface area contributed by atoms with Gasteiger partial charge in [-0.1, -0.05) is 35.9 Å². The Morgan fingerprint density at radius 3 is 2.35 bits per heavy atom. The van der Waals surface area contributed by atoms with E-state index in [1.54, 1.807) is 11.1 Å². The van der Waals surface area contributed by atoms with Gasteiger partial charge in [0, 0.05) is 37.5 Å². The van der Waals surface area contributed by atoms with Crippen LogP contribution in [0, 0.1) is 0 Å². The summed E-state index contributed by atoms with van der Waals surface area (Å²) < 4.78 is 11.6. The molecule has 1 saturated heterocycles. The molecule has 162 valence electrons. The quantitative estimate of drug-likeness (QED) is 0.448. The molecule has 1 aromatic heterocycles. The molecular weight excluding hydrogens is 412 g/mol. The molecule has 1 aliphatic heterocycles. The molecule has 2 aromatic carbocycles. The van der Waals surface area contributed by atoms with E-state index in [2.05, 4.69) is 35.3 Å². The maximum atomic E-state index is 12.2. The molecule has 0 saturated carbocycles. The average Bonchev–Trinajstić information content (AvgIpc) is 2.73. The Kier molecular flexibility index (Phi) is 6.05. The summed E-state index contributed by atoms with van der Waals surface area (Å²) >= 11 is 6.03. The summed E-state index contributed by atoms with van der Waals surface area (Å²) in [7, 11) is 0. The van der Waals surface area contributed by atoms with E-state index < -0.39 is 5.60 Å². The van der Waals surface area contributed by atoms with Crippen molar-refractivity contribution in [1.82, 2.24) is 9.88 Å². The highest BCUT2D eigenvalue weighted by Crippen LogP contribution is 2.28. The number of aromatic nitrogens is 1. The summed E-state index contributed by atoms with van der Waals surface area (Å²) in [6.45, 7) is 6.94. The number of piperidine rings is 1. The smallest absolute Gasteiger partial charge is 0.410 e. The van der Waals surface area contributed by atoms with Gasteiger partial charge in [-0.25, -0.2) is 9.78 Å². The second-order valence-corrected chi connectivity index (χ2v) is 9.27. The molecule has 1 amide bonds. The standard InChI is InChI=1S/C25H27ClN2O3/c1-25(2,3)31-24(29)28-12-10-22(11-13-28)30-21-8-6-17(7-9-21)18-4-5-19-16-27-23(26)15-20(19)14-18/h4-9,14-16,22H,10-13H2,1-3H3. The Balaban J connectivity index is 1.36. The van der Waals surface area contributed by atoms with Gasteiger partial charge in [-0.3, -0.25) is 0 Å². The number of carbonyl (C=O) groups is 1. The van der Waals surface area contributed by atoms with Crippen molar-refractivity contribution in [2.24, 2.45) is 0 Å². The minimum atomic E-state index is -0.472. The number of rotatable bonds is 3. The zero-order chi connectivity index (χ0) is 22.0. The van der Waals surface area contributed by atoms with Crippen LogP contribution in [0.2, 0.25) is 5.15 Å². The highest BCUT2D eigenvalue weighted by atomic mass is 35.5. The zero-order valence-corrected chi connectivity index (χ0v) is 18.9. The molecule has 0 radical (unpaired) electrons. The number of pyridine rings is 1. The normalized spacial score (nSPS) is 15.2. The number of likely N-dealkylation sites (tertiary alicyclic amines) is 1. The Morgan fingerprint density at radius 1 is 1.00 bits per heavy atom. The van der Waals surface area contributed by atoms with Gasteiger partial charge in [0.05, 0.1) is 0 Å². The van der Waals surface area contributed by atoms with Gasteiger partial charge in [0.2, 0.25) is 0 Å². The van der Waals surface area contributed by atoms with Crippen LogP contribution in [0.4, 0.5) is 4.79 Å². The summed E-state index contributed by atoms with van der Waals surface area (Å²) in [5, 5.41) is 2.62. The van der Waals surface area contributed by atoms with Gasteiger partial charge in [-0.15, -0.1) is 0 Å². The van der Waals surface area contributed by atoms with Gasteiger partial charge in [0.1, 0.15) is 22.6 Å². The molecule has 1 aliphatic rings. The highest BCUT2D eigenvalue weighted by Gasteiger charge is 2.27. The minimum Gasteiger partial charge on any atom is -0.490 e. The van der Waals surface area contributed by atoms with Crippen molar-refractivity contribution >= 4 is 28.5 Å². The van der Waals surface area contributed by atoms with Gasteiger partial charge in [-0.2, -0.15) is 0 Å². The third kappa shape index (κ3) is 5.47. The van der Waals surface area contributed by atoms with Crippen LogP contribution < -0.4 is 4.74 Å². The first-order valence-electron chi connectivity index (χ1n) is 10.6. The molecule has 0 atom stereocenters. The molecule has 3 aromatic rings. The van der Waals surface area contributed by atoms with Gasteiger partial charge < -0.3 is 14.4 Å². The minimum absolute atomic E-state index is 0.0971. The number of hydrogen-bond acceptors (Lipinski definition) is 4. The number of amides is 1. The first-order valence-corrected chi connectivity index (χ1v) is 10.9. The second-order valence-electron chi connectivity index (χ2n) is 8.88. The first kappa shape index (κ1) is 21.4. The van der Waals surface area contributed by atoms with E-state index in [1.807, 2.05) is 39.0 Å². The van der Waals surface area contributed by atoms with Crippen LogP contribution in [-0.4, -0.2) is 40.8 Å². The van der Waals surface area contributed by atoms with E-state index in [0.717, 1.165) is 40.5 Å². The van der Waals surface area contributed by atoms with E-state index in [9.17, 15) is 4.79 Å². The van der Waals surface area contributed by atoms with Crippen molar-refractivity contribution in [2.75, 3.05) is 13.1 Å². The van der Waals surface area contributed by atoms with E-state index >= 15 is 0 Å². The third-order valence-corrected chi connectivity index (χ3v) is 5.48. The van der Waals surface area contributed by atoms with Crippen molar-refractivity contribution in [1.29, 1.82) is 0 Å². The van der Waals surface area contributed by atoms with Gasteiger partial charge in [-0.05, 0) is 61.5 Å². The van der Waals surface area contributed by atoms with Crippen LogP contribution in [0.1, 0.15) is 33.6 Å². The lowest BCUT2D eigenvalue weighted by atomic mass is 10.0. The first-order chi connectivity index (χ1) is 14.8. The fourth-order valence-corrected chi connectivity index (χ4v) is 3.86. The van der Waals surface area contributed by atoms with Crippen molar-refractivity contribution in [3.8, 4) is 16.9 Å². The number of ether oxygens (including phenoxy) is 2. The number of halogens is 1. The average molecular weight is 439 g/mol. The predicted molar refractivity (Wildman–Crippen MR) is 124 cm³/mol. The third-order valence-electron chi connectivity index (χ3n) is 5.27. The number of hydrogen-bond donors (Lipinski definition) is 0. The van der Waals surface area contributed by atoms with E-state index in [0.29, 0.717) is 18.2 Å². The molecule has 0 aliphatic carbocycles.